The van der Waals surface area contributed by atoms with Crippen molar-refractivity contribution in [2.24, 2.45) is 0 Å². The molecule has 0 radical (unpaired) electrons. The predicted octanol–water partition coefficient (Wildman–Crippen LogP) is 2.99. The van der Waals surface area contributed by atoms with Crippen molar-refractivity contribution in [2.45, 2.75) is 27.2 Å². The zero-order valence-corrected chi connectivity index (χ0v) is 17.7. The first-order chi connectivity index (χ1) is 14.1. The molecular formula is C20H24N6O2S. The van der Waals surface area contributed by atoms with Gasteiger partial charge in [0.1, 0.15) is 21.3 Å². The summed E-state index contributed by atoms with van der Waals surface area (Å²) in [7, 11) is 0. The summed E-state index contributed by atoms with van der Waals surface area (Å²) in [6.07, 6.45) is 4.51. The SMILES string of the molecule is CCOC(=O)c1sc2nc(C)nc(N3CCCN(c4ncccn4)CC3)c2c1C. The summed E-state index contributed by atoms with van der Waals surface area (Å²) in [6, 6.07) is 1.83. The van der Waals surface area contributed by atoms with Gasteiger partial charge in [-0.15, -0.1) is 11.3 Å². The summed E-state index contributed by atoms with van der Waals surface area (Å²) >= 11 is 1.38. The molecule has 9 heteroatoms. The maximum absolute atomic E-state index is 12.4. The minimum atomic E-state index is -0.292. The summed E-state index contributed by atoms with van der Waals surface area (Å²) in [5.41, 5.74) is 0.894. The smallest absolute Gasteiger partial charge is 0.348 e. The van der Waals surface area contributed by atoms with Gasteiger partial charge in [0.15, 0.2) is 0 Å². The normalized spacial score (nSPS) is 14.9. The molecule has 0 amide bonds. The average Bonchev–Trinajstić information content (AvgIpc) is 2.90. The summed E-state index contributed by atoms with van der Waals surface area (Å²) in [5.74, 6) is 2.07. The molecule has 0 unspecified atom stereocenters. The number of esters is 1. The van der Waals surface area contributed by atoms with Crippen molar-refractivity contribution in [3.05, 3.63) is 34.7 Å². The fourth-order valence-electron chi connectivity index (χ4n) is 3.63. The molecule has 152 valence electrons. The molecule has 0 N–H and O–H groups in total. The van der Waals surface area contributed by atoms with Crippen molar-refractivity contribution in [1.29, 1.82) is 0 Å². The van der Waals surface area contributed by atoms with Gasteiger partial charge in [-0.05, 0) is 38.8 Å². The van der Waals surface area contributed by atoms with Crippen molar-refractivity contribution < 1.29 is 9.53 Å². The number of fused-ring (bicyclic) bond motifs is 1. The fourth-order valence-corrected chi connectivity index (χ4v) is 4.74. The number of thiophene rings is 1. The third-order valence-electron chi connectivity index (χ3n) is 4.97. The number of anilines is 2. The molecule has 3 aromatic rings. The molecule has 3 aromatic heterocycles. The van der Waals surface area contributed by atoms with E-state index in [0.717, 1.165) is 60.1 Å². The third-order valence-corrected chi connectivity index (χ3v) is 6.14. The largest absolute Gasteiger partial charge is 0.462 e. The lowest BCUT2D eigenvalue weighted by atomic mass is 10.2. The van der Waals surface area contributed by atoms with Gasteiger partial charge in [0.2, 0.25) is 5.95 Å². The Kier molecular flexibility index (Phi) is 5.57. The maximum atomic E-state index is 12.4. The van der Waals surface area contributed by atoms with Gasteiger partial charge in [-0.3, -0.25) is 0 Å². The molecule has 29 heavy (non-hydrogen) atoms. The highest BCUT2D eigenvalue weighted by Gasteiger charge is 2.25. The first-order valence-corrected chi connectivity index (χ1v) is 10.6. The molecule has 0 bridgehead atoms. The van der Waals surface area contributed by atoms with Gasteiger partial charge in [-0.2, -0.15) is 0 Å². The Morgan fingerprint density at radius 1 is 1.10 bits per heavy atom. The van der Waals surface area contributed by atoms with E-state index in [-0.39, 0.29) is 5.97 Å². The van der Waals surface area contributed by atoms with E-state index in [0.29, 0.717) is 17.3 Å². The number of carbonyl (C=O) groups is 1. The Morgan fingerprint density at radius 2 is 1.83 bits per heavy atom. The van der Waals surface area contributed by atoms with Crippen molar-refractivity contribution in [3.8, 4) is 0 Å². The van der Waals surface area contributed by atoms with Crippen LogP contribution in [0.15, 0.2) is 18.5 Å². The van der Waals surface area contributed by atoms with Crippen LogP contribution in [0.1, 0.15) is 34.4 Å². The zero-order chi connectivity index (χ0) is 20.4. The number of nitrogens with zero attached hydrogens (tertiary/aromatic N) is 6. The van der Waals surface area contributed by atoms with Crippen LogP contribution in [-0.4, -0.2) is 58.7 Å². The average molecular weight is 413 g/mol. The van der Waals surface area contributed by atoms with Crippen LogP contribution >= 0.6 is 11.3 Å². The Hall–Kier alpha value is -2.81. The lowest BCUT2D eigenvalue weighted by Gasteiger charge is -2.23. The molecule has 4 heterocycles. The second-order valence-corrected chi connectivity index (χ2v) is 7.93. The molecule has 1 aliphatic heterocycles. The number of hydrogen-bond acceptors (Lipinski definition) is 9. The molecule has 0 aliphatic carbocycles. The van der Waals surface area contributed by atoms with Gasteiger partial charge in [-0.1, -0.05) is 0 Å². The highest BCUT2D eigenvalue weighted by Crippen LogP contribution is 2.36. The zero-order valence-electron chi connectivity index (χ0n) is 16.9. The number of ether oxygens (including phenoxy) is 1. The molecule has 0 atom stereocenters. The molecular weight excluding hydrogens is 388 g/mol. The maximum Gasteiger partial charge on any atom is 0.348 e. The molecule has 1 aliphatic rings. The molecule has 8 nitrogen and oxygen atoms in total. The molecule has 1 fully saturated rings. The van der Waals surface area contributed by atoms with E-state index in [1.54, 1.807) is 12.4 Å². The van der Waals surface area contributed by atoms with E-state index in [9.17, 15) is 4.79 Å². The van der Waals surface area contributed by atoms with Crippen molar-refractivity contribution >= 4 is 39.3 Å². The highest BCUT2D eigenvalue weighted by molar-refractivity contribution is 7.20. The second kappa shape index (κ2) is 8.28. The van der Waals surface area contributed by atoms with Crippen LogP contribution in [-0.2, 0) is 4.74 Å². The van der Waals surface area contributed by atoms with Gasteiger partial charge in [0, 0.05) is 38.6 Å². The van der Waals surface area contributed by atoms with E-state index in [1.807, 2.05) is 26.8 Å². The summed E-state index contributed by atoms with van der Waals surface area (Å²) in [6.45, 7) is 9.39. The van der Waals surface area contributed by atoms with Crippen molar-refractivity contribution in [1.82, 2.24) is 19.9 Å². The van der Waals surface area contributed by atoms with Gasteiger partial charge in [0.05, 0.1) is 12.0 Å². The summed E-state index contributed by atoms with van der Waals surface area (Å²) in [5, 5.41) is 0.952. The quantitative estimate of drug-likeness (QED) is 0.605. The lowest BCUT2D eigenvalue weighted by molar-refractivity contribution is 0.0531. The van der Waals surface area contributed by atoms with Crippen LogP contribution in [0.3, 0.4) is 0 Å². The number of carbonyl (C=O) groups excluding carboxylic acids is 1. The number of rotatable bonds is 4. The van der Waals surface area contributed by atoms with Crippen molar-refractivity contribution in [2.75, 3.05) is 42.6 Å². The van der Waals surface area contributed by atoms with Gasteiger partial charge >= 0.3 is 5.97 Å². The predicted molar refractivity (Wildman–Crippen MR) is 114 cm³/mol. The first kappa shape index (κ1) is 19.5. The highest BCUT2D eigenvalue weighted by atomic mass is 32.1. The van der Waals surface area contributed by atoms with E-state index in [2.05, 4.69) is 24.8 Å². The Labute approximate surface area is 173 Å². The Balaban J connectivity index is 1.67. The van der Waals surface area contributed by atoms with E-state index < -0.39 is 0 Å². The molecule has 4 rings (SSSR count). The van der Waals surface area contributed by atoms with E-state index in [4.69, 9.17) is 9.72 Å². The van der Waals surface area contributed by atoms with Crippen LogP contribution in [0, 0.1) is 13.8 Å². The van der Waals surface area contributed by atoms with Crippen LogP contribution in [0.5, 0.6) is 0 Å². The standard InChI is InChI=1S/C20H24N6O2S/c1-4-28-19(27)16-13(2)15-17(23-14(3)24-18(15)29-16)25-9-6-10-26(12-11-25)20-21-7-5-8-22-20/h5,7-8H,4,6,9-12H2,1-3H3. The van der Waals surface area contributed by atoms with Crippen LogP contribution < -0.4 is 9.80 Å². The minimum absolute atomic E-state index is 0.292. The summed E-state index contributed by atoms with van der Waals surface area (Å²) < 4.78 is 5.23. The van der Waals surface area contributed by atoms with Crippen LogP contribution in [0.25, 0.3) is 10.2 Å². The Morgan fingerprint density at radius 3 is 2.59 bits per heavy atom. The number of hydrogen-bond donors (Lipinski definition) is 0. The molecule has 0 saturated carbocycles. The fraction of sp³-hybridized carbons (Fsp3) is 0.450. The second-order valence-electron chi connectivity index (χ2n) is 6.93. The van der Waals surface area contributed by atoms with Gasteiger partial charge in [-0.25, -0.2) is 24.7 Å². The minimum Gasteiger partial charge on any atom is -0.462 e. The monoisotopic (exact) mass is 412 g/mol. The number of aromatic nitrogens is 4. The summed E-state index contributed by atoms with van der Waals surface area (Å²) in [4.78, 5) is 36.4. The van der Waals surface area contributed by atoms with Crippen LogP contribution in [0.4, 0.5) is 11.8 Å². The molecule has 0 spiro atoms. The van der Waals surface area contributed by atoms with E-state index in [1.165, 1.54) is 11.3 Å². The van der Waals surface area contributed by atoms with E-state index >= 15 is 0 Å². The third kappa shape index (κ3) is 3.87. The molecule has 1 saturated heterocycles. The lowest BCUT2D eigenvalue weighted by Crippen LogP contribution is -2.32. The van der Waals surface area contributed by atoms with Crippen molar-refractivity contribution in [3.63, 3.8) is 0 Å². The topological polar surface area (TPSA) is 84.3 Å². The Bertz CT molecular complexity index is 1020. The molecule has 0 aromatic carbocycles. The van der Waals surface area contributed by atoms with Crippen LogP contribution in [0.2, 0.25) is 0 Å². The number of aryl methyl sites for hydroxylation is 2. The van der Waals surface area contributed by atoms with Gasteiger partial charge < -0.3 is 14.5 Å². The first-order valence-electron chi connectivity index (χ1n) is 9.80. The van der Waals surface area contributed by atoms with Gasteiger partial charge in [0.25, 0.3) is 0 Å².